The van der Waals surface area contributed by atoms with Crippen LogP contribution in [0.3, 0.4) is 0 Å². The molecule has 0 aliphatic carbocycles. The van der Waals surface area contributed by atoms with Gasteiger partial charge in [0.2, 0.25) is 0 Å². The maximum Gasteiger partial charge on any atom is 0.336 e. The molecule has 0 spiro atoms. The summed E-state index contributed by atoms with van der Waals surface area (Å²) in [6.07, 6.45) is 3.23. The number of ether oxygens (including phenoxy) is 1. The van der Waals surface area contributed by atoms with Crippen molar-refractivity contribution in [1.82, 2.24) is 14.8 Å². The first-order valence-electron chi connectivity index (χ1n) is 8.00. The maximum absolute atomic E-state index is 12.6. The van der Waals surface area contributed by atoms with Crippen molar-refractivity contribution in [1.29, 1.82) is 0 Å². The molecule has 3 aromatic rings. The van der Waals surface area contributed by atoms with Gasteiger partial charge in [0, 0.05) is 5.56 Å². The SMILES string of the molecule is CCCOc1nc(-c2ccc(CC)cc2)n(C(=O)c2ccco2)n1. The second kappa shape index (κ2) is 7.12. The summed E-state index contributed by atoms with van der Waals surface area (Å²) in [6.45, 7) is 4.58. The van der Waals surface area contributed by atoms with E-state index in [1.807, 2.05) is 31.2 Å². The molecule has 2 aromatic heterocycles. The molecule has 0 unspecified atom stereocenters. The summed E-state index contributed by atoms with van der Waals surface area (Å²) < 4.78 is 11.9. The van der Waals surface area contributed by atoms with Gasteiger partial charge in [0.25, 0.3) is 0 Å². The minimum Gasteiger partial charge on any atom is -0.462 e. The monoisotopic (exact) mass is 325 g/mol. The smallest absolute Gasteiger partial charge is 0.336 e. The molecule has 0 N–H and O–H groups in total. The van der Waals surface area contributed by atoms with Gasteiger partial charge in [-0.15, -0.1) is 5.10 Å². The van der Waals surface area contributed by atoms with Crippen LogP contribution >= 0.6 is 0 Å². The molecule has 124 valence electrons. The molecule has 2 heterocycles. The van der Waals surface area contributed by atoms with Gasteiger partial charge < -0.3 is 9.15 Å². The minimum absolute atomic E-state index is 0.186. The number of rotatable bonds is 6. The van der Waals surface area contributed by atoms with Crippen LogP contribution in [0.1, 0.15) is 36.4 Å². The first-order chi connectivity index (χ1) is 11.7. The Morgan fingerprint density at radius 2 is 2.00 bits per heavy atom. The van der Waals surface area contributed by atoms with Crippen molar-refractivity contribution in [2.75, 3.05) is 6.61 Å². The normalized spacial score (nSPS) is 10.8. The fourth-order valence-corrected chi connectivity index (χ4v) is 2.27. The average molecular weight is 325 g/mol. The van der Waals surface area contributed by atoms with E-state index in [0.29, 0.717) is 12.4 Å². The van der Waals surface area contributed by atoms with Crippen molar-refractivity contribution < 1.29 is 13.9 Å². The number of furan rings is 1. The molecule has 0 bridgehead atoms. The van der Waals surface area contributed by atoms with Crippen LogP contribution in [0.2, 0.25) is 0 Å². The van der Waals surface area contributed by atoms with E-state index < -0.39 is 0 Å². The number of aryl methyl sites for hydroxylation is 1. The Balaban J connectivity index is 2.01. The van der Waals surface area contributed by atoms with Crippen LogP contribution in [0.5, 0.6) is 6.01 Å². The molecule has 0 aliphatic heterocycles. The number of hydrogen-bond donors (Lipinski definition) is 0. The number of carbonyl (C=O) groups excluding carboxylic acids is 1. The lowest BCUT2D eigenvalue weighted by Crippen LogP contribution is -2.14. The lowest BCUT2D eigenvalue weighted by atomic mass is 10.1. The van der Waals surface area contributed by atoms with Crippen molar-refractivity contribution in [3.63, 3.8) is 0 Å². The number of nitrogens with zero attached hydrogens (tertiary/aromatic N) is 3. The zero-order chi connectivity index (χ0) is 16.9. The van der Waals surface area contributed by atoms with Crippen LogP contribution in [-0.2, 0) is 6.42 Å². The largest absolute Gasteiger partial charge is 0.462 e. The van der Waals surface area contributed by atoms with Gasteiger partial charge in [0.1, 0.15) is 0 Å². The maximum atomic E-state index is 12.6. The molecule has 0 saturated carbocycles. The highest BCUT2D eigenvalue weighted by atomic mass is 16.5. The second-order valence-corrected chi connectivity index (χ2v) is 5.31. The number of hydrogen-bond acceptors (Lipinski definition) is 5. The van der Waals surface area contributed by atoms with Gasteiger partial charge in [-0.25, -0.2) is 0 Å². The van der Waals surface area contributed by atoms with Gasteiger partial charge >= 0.3 is 11.9 Å². The highest BCUT2D eigenvalue weighted by Crippen LogP contribution is 2.22. The van der Waals surface area contributed by atoms with E-state index in [-0.39, 0.29) is 17.7 Å². The molecule has 0 atom stereocenters. The van der Waals surface area contributed by atoms with E-state index in [0.717, 1.165) is 18.4 Å². The third-order valence-corrected chi connectivity index (χ3v) is 3.57. The van der Waals surface area contributed by atoms with Crippen LogP contribution in [-0.4, -0.2) is 27.3 Å². The van der Waals surface area contributed by atoms with E-state index in [4.69, 9.17) is 9.15 Å². The number of benzene rings is 1. The third kappa shape index (κ3) is 3.22. The number of carbonyl (C=O) groups is 1. The van der Waals surface area contributed by atoms with E-state index in [1.54, 1.807) is 12.1 Å². The summed E-state index contributed by atoms with van der Waals surface area (Å²) in [4.78, 5) is 17.0. The zero-order valence-electron chi connectivity index (χ0n) is 13.7. The molecular formula is C18H19N3O3. The highest BCUT2D eigenvalue weighted by molar-refractivity contribution is 5.94. The van der Waals surface area contributed by atoms with Crippen LogP contribution in [0, 0.1) is 0 Å². The first-order valence-corrected chi connectivity index (χ1v) is 8.00. The Morgan fingerprint density at radius 1 is 1.21 bits per heavy atom. The first kappa shape index (κ1) is 16.0. The predicted octanol–water partition coefficient (Wildman–Crippen LogP) is 3.58. The van der Waals surface area contributed by atoms with Crippen LogP contribution < -0.4 is 4.74 Å². The summed E-state index contributed by atoms with van der Waals surface area (Å²) in [6, 6.07) is 11.3. The summed E-state index contributed by atoms with van der Waals surface area (Å²) in [5.41, 5.74) is 2.01. The standard InChI is InChI=1S/C18H19N3O3/c1-3-11-24-18-19-16(14-9-7-13(4-2)8-10-14)21(20-18)17(22)15-6-5-12-23-15/h5-10,12H,3-4,11H2,1-2H3. The van der Waals surface area contributed by atoms with E-state index >= 15 is 0 Å². The third-order valence-electron chi connectivity index (χ3n) is 3.57. The quantitative estimate of drug-likeness (QED) is 0.693. The molecule has 6 nitrogen and oxygen atoms in total. The lowest BCUT2D eigenvalue weighted by Gasteiger charge is -2.03. The Labute approximate surface area is 140 Å². The molecule has 6 heteroatoms. The Bertz CT molecular complexity index is 805. The van der Waals surface area contributed by atoms with E-state index in [1.165, 1.54) is 16.5 Å². The van der Waals surface area contributed by atoms with E-state index in [2.05, 4.69) is 17.0 Å². The van der Waals surface area contributed by atoms with E-state index in [9.17, 15) is 4.79 Å². The summed E-state index contributed by atoms with van der Waals surface area (Å²) in [7, 11) is 0. The van der Waals surface area contributed by atoms with Gasteiger partial charge in [-0.1, -0.05) is 38.1 Å². The predicted molar refractivity (Wildman–Crippen MR) is 89.1 cm³/mol. The Hall–Kier alpha value is -2.89. The zero-order valence-corrected chi connectivity index (χ0v) is 13.7. The Kier molecular flexibility index (Phi) is 4.74. The van der Waals surface area contributed by atoms with Crippen molar-refractivity contribution in [3.8, 4) is 17.4 Å². The van der Waals surface area contributed by atoms with Gasteiger partial charge in [0.05, 0.1) is 12.9 Å². The Morgan fingerprint density at radius 3 is 2.62 bits per heavy atom. The van der Waals surface area contributed by atoms with Crippen LogP contribution in [0.25, 0.3) is 11.4 Å². The van der Waals surface area contributed by atoms with Crippen molar-refractivity contribution in [3.05, 3.63) is 54.0 Å². The van der Waals surface area contributed by atoms with Crippen LogP contribution in [0.15, 0.2) is 47.1 Å². The molecule has 3 rings (SSSR count). The van der Waals surface area contributed by atoms with Crippen molar-refractivity contribution in [2.24, 2.45) is 0 Å². The molecule has 0 fully saturated rings. The topological polar surface area (TPSA) is 70.2 Å². The second-order valence-electron chi connectivity index (χ2n) is 5.31. The fraction of sp³-hybridized carbons (Fsp3) is 0.278. The molecule has 24 heavy (non-hydrogen) atoms. The molecule has 0 radical (unpaired) electrons. The highest BCUT2D eigenvalue weighted by Gasteiger charge is 2.21. The minimum atomic E-state index is -0.381. The lowest BCUT2D eigenvalue weighted by molar-refractivity contribution is 0.0917. The van der Waals surface area contributed by atoms with Gasteiger partial charge in [-0.2, -0.15) is 9.67 Å². The summed E-state index contributed by atoms with van der Waals surface area (Å²) in [5.74, 6) is 0.256. The van der Waals surface area contributed by atoms with Gasteiger partial charge in [0.15, 0.2) is 11.6 Å². The molecule has 0 amide bonds. The summed E-state index contributed by atoms with van der Waals surface area (Å²) in [5, 5.41) is 4.20. The van der Waals surface area contributed by atoms with Crippen molar-refractivity contribution in [2.45, 2.75) is 26.7 Å². The summed E-state index contributed by atoms with van der Waals surface area (Å²) >= 11 is 0. The van der Waals surface area contributed by atoms with Gasteiger partial charge in [-0.3, -0.25) is 4.79 Å². The van der Waals surface area contributed by atoms with Crippen molar-refractivity contribution >= 4 is 5.91 Å². The average Bonchev–Trinajstić information content (AvgIpc) is 3.29. The molecule has 1 aromatic carbocycles. The van der Waals surface area contributed by atoms with Gasteiger partial charge in [-0.05, 0) is 30.5 Å². The molecule has 0 aliphatic rings. The molecular weight excluding hydrogens is 306 g/mol. The van der Waals surface area contributed by atoms with Crippen LogP contribution in [0.4, 0.5) is 0 Å². The molecule has 0 saturated heterocycles. The number of aromatic nitrogens is 3. The fourth-order valence-electron chi connectivity index (χ4n) is 2.27.